The molecule has 3 rings (SSSR count). The van der Waals surface area contributed by atoms with Crippen molar-refractivity contribution in [3.05, 3.63) is 53.3 Å². The van der Waals surface area contributed by atoms with Crippen LogP contribution < -0.4 is 5.32 Å². The average Bonchev–Trinajstić information content (AvgIpc) is 3.33. The second-order valence-corrected chi connectivity index (χ2v) is 6.29. The molecule has 5 heteroatoms. The third-order valence-corrected chi connectivity index (χ3v) is 4.31. The third-order valence-electron chi connectivity index (χ3n) is 4.31. The molecule has 2 aromatic rings. The van der Waals surface area contributed by atoms with E-state index in [1.807, 2.05) is 38.1 Å². The molecule has 1 atom stereocenters. The van der Waals surface area contributed by atoms with E-state index in [1.165, 1.54) is 0 Å². The number of rotatable bonds is 5. The predicted molar refractivity (Wildman–Crippen MR) is 92.1 cm³/mol. The molecule has 1 aromatic heterocycles. The quantitative estimate of drug-likeness (QED) is 0.854. The minimum Gasteiger partial charge on any atom is -0.449 e. The number of benzene rings is 1. The number of nitrogens with one attached hydrogen (secondary N) is 1. The number of carbonyl (C=O) groups excluding carboxylic acids is 2. The largest absolute Gasteiger partial charge is 0.449 e. The number of aryl methyl sites for hydroxylation is 1. The smallest absolute Gasteiger partial charge is 0.340 e. The lowest BCUT2D eigenvalue weighted by atomic mass is 10.2. The van der Waals surface area contributed by atoms with E-state index in [0.717, 1.165) is 24.2 Å². The van der Waals surface area contributed by atoms with Crippen molar-refractivity contribution in [2.24, 2.45) is 0 Å². The zero-order valence-corrected chi connectivity index (χ0v) is 14.2. The van der Waals surface area contributed by atoms with Crippen LogP contribution in [0.15, 0.2) is 36.4 Å². The first-order valence-electron chi connectivity index (χ1n) is 8.22. The van der Waals surface area contributed by atoms with Crippen molar-refractivity contribution in [3.63, 3.8) is 0 Å². The third kappa shape index (κ3) is 3.35. The molecule has 1 aliphatic rings. The summed E-state index contributed by atoms with van der Waals surface area (Å²) in [5.41, 5.74) is 3.19. The average molecular weight is 326 g/mol. The Kier molecular flexibility index (Phi) is 4.42. The van der Waals surface area contributed by atoms with Crippen LogP contribution in [0.3, 0.4) is 0 Å². The van der Waals surface area contributed by atoms with Gasteiger partial charge in [-0.3, -0.25) is 4.79 Å². The Bertz CT molecular complexity index is 760. The number of nitrogens with zero attached hydrogens (tertiary/aromatic N) is 1. The zero-order chi connectivity index (χ0) is 17.3. The van der Waals surface area contributed by atoms with Gasteiger partial charge in [0.25, 0.3) is 5.91 Å². The van der Waals surface area contributed by atoms with Gasteiger partial charge < -0.3 is 14.6 Å². The molecule has 0 aliphatic heterocycles. The molecule has 0 bridgehead atoms. The summed E-state index contributed by atoms with van der Waals surface area (Å²) in [5, 5.41) is 2.74. The number of amides is 1. The zero-order valence-electron chi connectivity index (χ0n) is 14.2. The van der Waals surface area contributed by atoms with Crippen LogP contribution in [0.5, 0.6) is 0 Å². The van der Waals surface area contributed by atoms with E-state index in [9.17, 15) is 9.59 Å². The molecular weight excluding hydrogens is 304 g/mol. The topological polar surface area (TPSA) is 60.3 Å². The van der Waals surface area contributed by atoms with Gasteiger partial charge in [0.2, 0.25) is 0 Å². The van der Waals surface area contributed by atoms with Crippen LogP contribution in [0.25, 0.3) is 0 Å². The molecule has 1 heterocycles. The molecule has 1 amide bonds. The van der Waals surface area contributed by atoms with Gasteiger partial charge in [0, 0.05) is 23.1 Å². The maximum Gasteiger partial charge on any atom is 0.340 e. The summed E-state index contributed by atoms with van der Waals surface area (Å²) in [5.74, 6) is -0.795. The van der Waals surface area contributed by atoms with Crippen molar-refractivity contribution in [1.82, 2.24) is 4.57 Å². The van der Waals surface area contributed by atoms with Crippen LogP contribution in [0.1, 0.15) is 47.6 Å². The molecule has 1 N–H and O–H groups in total. The Labute approximate surface area is 141 Å². The van der Waals surface area contributed by atoms with Crippen LogP contribution in [-0.4, -0.2) is 22.5 Å². The summed E-state index contributed by atoms with van der Waals surface area (Å²) in [4.78, 5) is 24.6. The highest BCUT2D eigenvalue weighted by molar-refractivity contribution is 5.97. The van der Waals surface area contributed by atoms with Crippen LogP contribution >= 0.6 is 0 Å². The SMILES string of the molecule is Cc1cc(C(=O)O[C@H](C)C(=O)Nc2ccccc2)c(C)n1C1CC1. The van der Waals surface area contributed by atoms with Crippen molar-refractivity contribution < 1.29 is 14.3 Å². The van der Waals surface area contributed by atoms with Gasteiger partial charge in [0.15, 0.2) is 6.10 Å². The molecule has 24 heavy (non-hydrogen) atoms. The lowest BCUT2D eigenvalue weighted by Crippen LogP contribution is -2.30. The number of esters is 1. The number of hydrogen-bond donors (Lipinski definition) is 1. The lowest BCUT2D eigenvalue weighted by molar-refractivity contribution is -0.123. The van der Waals surface area contributed by atoms with Gasteiger partial charge in [-0.15, -0.1) is 0 Å². The molecule has 1 fully saturated rings. The van der Waals surface area contributed by atoms with Crippen molar-refractivity contribution in [3.8, 4) is 0 Å². The maximum absolute atomic E-state index is 12.4. The fourth-order valence-corrected chi connectivity index (χ4v) is 2.92. The molecule has 0 saturated heterocycles. The van der Waals surface area contributed by atoms with Gasteiger partial charge in [0.1, 0.15) is 0 Å². The minimum atomic E-state index is -0.860. The molecule has 1 saturated carbocycles. The molecular formula is C19H22N2O3. The Morgan fingerprint density at radius 2 is 1.88 bits per heavy atom. The highest BCUT2D eigenvalue weighted by atomic mass is 16.5. The molecule has 0 radical (unpaired) electrons. The first-order valence-corrected chi connectivity index (χ1v) is 8.22. The Morgan fingerprint density at radius 1 is 1.21 bits per heavy atom. The summed E-state index contributed by atoms with van der Waals surface area (Å²) in [6, 6.07) is 11.5. The van der Waals surface area contributed by atoms with Crippen molar-refractivity contribution in [2.75, 3.05) is 5.32 Å². The highest BCUT2D eigenvalue weighted by Crippen LogP contribution is 2.38. The first-order chi connectivity index (χ1) is 11.5. The van der Waals surface area contributed by atoms with Crippen molar-refractivity contribution in [2.45, 2.75) is 45.8 Å². The monoisotopic (exact) mass is 326 g/mol. The van der Waals surface area contributed by atoms with E-state index in [0.29, 0.717) is 17.3 Å². The molecule has 0 unspecified atom stereocenters. The van der Waals surface area contributed by atoms with Crippen LogP contribution in [0.2, 0.25) is 0 Å². The van der Waals surface area contributed by atoms with E-state index in [2.05, 4.69) is 9.88 Å². The first kappa shape index (κ1) is 16.3. The van der Waals surface area contributed by atoms with Crippen LogP contribution in [0.4, 0.5) is 5.69 Å². The highest BCUT2D eigenvalue weighted by Gasteiger charge is 2.29. The minimum absolute atomic E-state index is 0.342. The number of ether oxygens (including phenoxy) is 1. The van der Waals surface area contributed by atoms with Crippen molar-refractivity contribution >= 4 is 17.6 Å². The molecule has 0 spiro atoms. The Hall–Kier alpha value is -2.56. The number of para-hydroxylation sites is 1. The summed E-state index contributed by atoms with van der Waals surface area (Å²) in [7, 11) is 0. The number of anilines is 1. The summed E-state index contributed by atoms with van der Waals surface area (Å²) in [6.45, 7) is 5.50. The molecule has 1 aliphatic carbocycles. The van der Waals surface area contributed by atoms with Gasteiger partial charge in [-0.25, -0.2) is 4.79 Å². The Morgan fingerprint density at radius 3 is 2.50 bits per heavy atom. The summed E-state index contributed by atoms with van der Waals surface area (Å²) < 4.78 is 7.54. The number of hydrogen-bond acceptors (Lipinski definition) is 3. The Balaban J connectivity index is 1.66. The van der Waals surface area contributed by atoms with E-state index in [4.69, 9.17) is 4.74 Å². The summed E-state index contributed by atoms with van der Waals surface area (Å²) in [6.07, 6.45) is 1.45. The lowest BCUT2D eigenvalue weighted by Gasteiger charge is -2.14. The predicted octanol–water partition coefficient (Wildman–Crippen LogP) is 3.62. The normalized spacial score (nSPS) is 15.0. The van der Waals surface area contributed by atoms with E-state index < -0.39 is 12.1 Å². The molecule has 1 aromatic carbocycles. The maximum atomic E-state index is 12.4. The van der Waals surface area contributed by atoms with Gasteiger partial charge in [-0.05, 0) is 51.8 Å². The fraction of sp³-hybridized carbons (Fsp3) is 0.368. The van der Waals surface area contributed by atoms with E-state index in [1.54, 1.807) is 19.1 Å². The fourth-order valence-electron chi connectivity index (χ4n) is 2.92. The van der Waals surface area contributed by atoms with Crippen molar-refractivity contribution in [1.29, 1.82) is 0 Å². The van der Waals surface area contributed by atoms with E-state index in [-0.39, 0.29) is 5.91 Å². The van der Waals surface area contributed by atoms with Gasteiger partial charge in [-0.2, -0.15) is 0 Å². The second kappa shape index (κ2) is 6.51. The number of carbonyl (C=O) groups is 2. The van der Waals surface area contributed by atoms with Crippen LogP contribution in [0, 0.1) is 13.8 Å². The van der Waals surface area contributed by atoms with Crippen LogP contribution in [-0.2, 0) is 9.53 Å². The number of aromatic nitrogens is 1. The molecule has 5 nitrogen and oxygen atoms in total. The standard InChI is InChI=1S/C19H22N2O3/c1-12-11-17(13(2)21(12)16-9-10-16)19(23)24-14(3)18(22)20-15-7-5-4-6-8-15/h4-8,11,14,16H,9-10H2,1-3H3,(H,20,22)/t14-/m1/s1. The van der Waals surface area contributed by atoms with E-state index >= 15 is 0 Å². The summed E-state index contributed by atoms with van der Waals surface area (Å²) >= 11 is 0. The van der Waals surface area contributed by atoms with Gasteiger partial charge >= 0.3 is 5.97 Å². The van der Waals surface area contributed by atoms with Gasteiger partial charge in [0.05, 0.1) is 5.56 Å². The molecule has 126 valence electrons. The van der Waals surface area contributed by atoms with Gasteiger partial charge in [-0.1, -0.05) is 18.2 Å². The second-order valence-electron chi connectivity index (χ2n) is 6.29.